The van der Waals surface area contributed by atoms with Gasteiger partial charge in [-0.15, -0.1) is 5.10 Å². The summed E-state index contributed by atoms with van der Waals surface area (Å²) in [5.74, 6) is -0.402. The highest BCUT2D eigenvalue weighted by Gasteiger charge is 2.18. The van der Waals surface area contributed by atoms with E-state index in [2.05, 4.69) is 9.59 Å². The van der Waals surface area contributed by atoms with Crippen LogP contribution in [0.2, 0.25) is 5.02 Å². The van der Waals surface area contributed by atoms with Gasteiger partial charge in [0.05, 0.1) is 16.7 Å². The molecule has 6 heteroatoms. The fourth-order valence-corrected chi connectivity index (χ4v) is 2.71. The fraction of sp³-hybridized carbons (Fsp3) is 0.385. The average molecular weight is 301 g/mol. The maximum Gasteiger partial charge on any atom is 0.127 e. The molecule has 1 aromatic heterocycles. The minimum absolute atomic E-state index is 0.198. The third-order valence-corrected chi connectivity index (χ3v) is 3.91. The Morgan fingerprint density at radius 1 is 1.47 bits per heavy atom. The lowest BCUT2D eigenvalue weighted by atomic mass is 10.0. The third-order valence-electron chi connectivity index (χ3n) is 2.80. The summed E-state index contributed by atoms with van der Waals surface area (Å²) in [5, 5.41) is 14.5. The van der Waals surface area contributed by atoms with Crippen molar-refractivity contribution in [2.75, 3.05) is 0 Å². The minimum Gasteiger partial charge on any atom is -0.387 e. The van der Waals surface area contributed by atoms with Gasteiger partial charge in [-0.05, 0) is 35.6 Å². The van der Waals surface area contributed by atoms with Crippen molar-refractivity contribution in [3.8, 4) is 0 Å². The predicted octanol–water partition coefficient (Wildman–Crippen LogP) is 3.56. The number of aromatic nitrogens is 2. The first kappa shape index (κ1) is 14.4. The van der Waals surface area contributed by atoms with Crippen molar-refractivity contribution in [1.29, 1.82) is 0 Å². The molecule has 102 valence electrons. The van der Waals surface area contributed by atoms with Crippen molar-refractivity contribution < 1.29 is 9.50 Å². The molecule has 0 radical (unpaired) electrons. The molecule has 3 nitrogen and oxygen atoms in total. The van der Waals surface area contributed by atoms with Crippen molar-refractivity contribution >= 4 is 23.1 Å². The highest BCUT2D eigenvalue weighted by atomic mass is 35.5. The lowest BCUT2D eigenvalue weighted by molar-refractivity contribution is 0.179. The number of hydrogen-bond acceptors (Lipinski definition) is 4. The monoisotopic (exact) mass is 300 g/mol. The summed E-state index contributed by atoms with van der Waals surface area (Å²) < 4.78 is 17.5. The van der Waals surface area contributed by atoms with Crippen LogP contribution in [0.1, 0.15) is 35.6 Å². The zero-order valence-corrected chi connectivity index (χ0v) is 12.0. The summed E-state index contributed by atoms with van der Waals surface area (Å²) in [6, 6.07) is 4.46. The number of rotatable bonds is 5. The number of halogens is 2. The van der Waals surface area contributed by atoms with Crippen LogP contribution in [0, 0.1) is 5.82 Å². The van der Waals surface area contributed by atoms with Crippen molar-refractivity contribution in [2.45, 2.75) is 32.3 Å². The molecule has 1 unspecified atom stereocenters. The van der Waals surface area contributed by atoms with Crippen LogP contribution in [-0.4, -0.2) is 14.7 Å². The lowest BCUT2D eigenvalue weighted by Crippen LogP contribution is -2.04. The Hall–Kier alpha value is -1.04. The van der Waals surface area contributed by atoms with Gasteiger partial charge in [0.25, 0.3) is 0 Å². The molecule has 1 aromatic carbocycles. The molecule has 0 saturated carbocycles. The molecule has 1 atom stereocenters. The molecule has 0 aliphatic heterocycles. The van der Waals surface area contributed by atoms with Gasteiger partial charge in [-0.2, -0.15) is 0 Å². The van der Waals surface area contributed by atoms with Crippen LogP contribution in [0.5, 0.6) is 0 Å². The van der Waals surface area contributed by atoms with E-state index < -0.39 is 11.9 Å². The predicted molar refractivity (Wildman–Crippen MR) is 74.0 cm³/mol. The van der Waals surface area contributed by atoms with Crippen LogP contribution >= 0.6 is 23.1 Å². The molecule has 2 rings (SSSR count). The van der Waals surface area contributed by atoms with Gasteiger partial charge in [-0.1, -0.05) is 35.5 Å². The van der Waals surface area contributed by atoms with Crippen molar-refractivity contribution in [3.63, 3.8) is 0 Å². The van der Waals surface area contributed by atoms with E-state index in [4.69, 9.17) is 11.6 Å². The van der Waals surface area contributed by atoms with Crippen LogP contribution in [0.3, 0.4) is 0 Å². The largest absolute Gasteiger partial charge is 0.387 e. The van der Waals surface area contributed by atoms with Crippen LogP contribution < -0.4 is 0 Å². The number of aliphatic hydroxyl groups is 1. The highest BCUT2D eigenvalue weighted by Crippen LogP contribution is 2.26. The van der Waals surface area contributed by atoms with E-state index in [0.29, 0.717) is 10.6 Å². The van der Waals surface area contributed by atoms with Crippen molar-refractivity contribution in [2.24, 2.45) is 0 Å². The smallest absolute Gasteiger partial charge is 0.127 e. The maximum atomic E-state index is 13.7. The van der Waals surface area contributed by atoms with Gasteiger partial charge in [0, 0.05) is 11.4 Å². The second-order valence-corrected chi connectivity index (χ2v) is 5.51. The van der Waals surface area contributed by atoms with Crippen molar-refractivity contribution in [1.82, 2.24) is 9.59 Å². The molecule has 0 bridgehead atoms. The normalized spacial score (nSPS) is 12.6. The van der Waals surface area contributed by atoms with E-state index in [1.165, 1.54) is 17.6 Å². The maximum absolute atomic E-state index is 13.7. The number of nitrogens with zero attached hydrogens (tertiary/aromatic N) is 2. The molecular weight excluding hydrogens is 287 g/mol. The van der Waals surface area contributed by atoms with Gasteiger partial charge >= 0.3 is 0 Å². The Kier molecular flexibility index (Phi) is 4.85. The van der Waals surface area contributed by atoms with Gasteiger partial charge in [0.1, 0.15) is 5.82 Å². The van der Waals surface area contributed by atoms with Crippen LogP contribution in [0.25, 0.3) is 0 Å². The van der Waals surface area contributed by atoms with E-state index >= 15 is 0 Å². The SMILES string of the molecule is CCCc1nnsc1C(O)Cc1ccc(Cl)cc1F. The number of hydrogen-bond donors (Lipinski definition) is 1. The minimum atomic E-state index is -0.780. The summed E-state index contributed by atoms with van der Waals surface area (Å²) in [6.45, 7) is 2.04. The van der Waals surface area contributed by atoms with E-state index in [1.807, 2.05) is 6.92 Å². The standard InChI is InChI=1S/C13H14ClFN2OS/c1-2-3-11-13(19-17-16-11)12(18)6-8-4-5-9(14)7-10(8)15/h4-5,7,12,18H,2-3,6H2,1H3. The van der Waals surface area contributed by atoms with Crippen LogP contribution in [0.15, 0.2) is 18.2 Å². The summed E-state index contributed by atoms with van der Waals surface area (Å²) >= 11 is 6.87. The average Bonchev–Trinajstić information content (AvgIpc) is 2.81. The second-order valence-electron chi connectivity index (χ2n) is 4.29. The van der Waals surface area contributed by atoms with E-state index in [0.717, 1.165) is 23.4 Å². The van der Waals surface area contributed by atoms with E-state index in [9.17, 15) is 9.50 Å². The molecule has 2 aromatic rings. The Morgan fingerprint density at radius 2 is 2.26 bits per heavy atom. The molecular formula is C13H14ClFN2OS. The number of aliphatic hydroxyl groups excluding tert-OH is 1. The Morgan fingerprint density at radius 3 is 2.95 bits per heavy atom. The van der Waals surface area contributed by atoms with E-state index in [-0.39, 0.29) is 6.42 Å². The third kappa shape index (κ3) is 3.49. The first-order valence-corrected chi connectivity index (χ1v) is 7.20. The molecule has 0 aliphatic carbocycles. The second kappa shape index (κ2) is 6.41. The number of aryl methyl sites for hydroxylation is 1. The summed E-state index contributed by atoms with van der Waals surface area (Å²) in [5.41, 5.74) is 1.24. The quantitative estimate of drug-likeness (QED) is 0.918. The van der Waals surface area contributed by atoms with Crippen molar-refractivity contribution in [3.05, 3.63) is 45.2 Å². The Bertz CT molecular complexity index is 561. The highest BCUT2D eigenvalue weighted by molar-refractivity contribution is 7.05. The first-order valence-electron chi connectivity index (χ1n) is 6.05. The Labute approximate surface area is 120 Å². The lowest BCUT2D eigenvalue weighted by Gasteiger charge is -2.10. The van der Waals surface area contributed by atoms with Crippen LogP contribution in [-0.2, 0) is 12.8 Å². The molecule has 19 heavy (non-hydrogen) atoms. The molecule has 1 heterocycles. The van der Waals surface area contributed by atoms with Gasteiger partial charge in [-0.3, -0.25) is 0 Å². The molecule has 0 fully saturated rings. The molecule has 0 aliphatic rings. The Balaban J connectivity index is 2.16. The molecule has 0 saturated heterocycles. The van der Waals surface area contributed by atoms with Gasteiger partial charge in [-0.25, -0.2) is 4.39 Å². The van der Waals surface area contributed by atoms with Crippen LogP contribution in [0.4, 0.5) is 4.39 Å². The molecule has 0 spiro atoms. The van der Waals surface area contributed by atoms with E-state index in [1.54, 1.807) is 12.1 Å². The summed E-state index contributed by atoms with van der Waals surface area (Å²) in [4.78, 5) is 0.719. The van der Waals surface area contributed by atoms with Gasteiger partial charge in [0.2, 0.25) is 0 Å². The number of benzene rings is 1. The van der Waals surface area contributed by atoms with Gasteiger partial charge in [0.15, 0.2) is 0 Å². The zero-order valence-electron chi connectivity index (χ0n) is 10.4. The zero-order chi connectivity index (χ0) is 13.8. The molecule has 0 amide bonds. The summed E-state index contributed by atoms with van der Waals surface area (Å²) in [7, 11) is 0. The first-order chi connectivity index (χ1) is 9.11. The summed E-state index contributed by atoms with van der Waals surface area (Å²) in [6.07, 6.45) is 1.12. The fourth-order valence-electron chi connectivity index (χ4n) is 1.87. The van der Waals surface area contributed by atoms with Gasteiger partial charge < -0.3 is 5.11 Å². The topological polar surface area (TPSA) is 46.0 Å². The molecule has 1 N–H and O–H groups in total.